The topological polar surface area (TPSA) is 54.5 Å². The van der Waals surface area contributed by atoms with Crippen molar-refractivity contribution < 1.29 is 13.2 Å². The van der Waals surface area contributed by atoms with E-state index in [0.717, 1.165) is 4.47 Å². The summed E-state index contributed by atoms with van der Waals surface area (Å²) < 4.78 is 23.8. The minimum Gasteiger partial charge on any atom is -0.335 e. The highest BCUT2D eigenvalue weighted by molar-refractivity contribution is 9.10. The zero-order chi connectivity index (χ0) is 14.9. The van der Waals surface area contributed by atoms with Gasteiger partial charge in [-0.3, -0.25) is 4.79 Å². The van der Waals surface area contributed by atoms with Crippen LogP contribution in [0.15, 0.2) is 22.7 Å². The van der Waals surface area contributed by atoms with Crippen LogP contribution in [-0.2, 0) is 9.84 Å². The van der Waals surface area contributed by atoms with Gasteiger partial charge in [0.1, 0.15) is 0 Å². The summed E-state index contributed by atoms with van der Waals surface area (Å²) in [6.07, 6.45) is 0.504. The second-order valence-electron chi connectivity index (χ2n) is 4.81. The molecule has 2 rings (SSSR count). The lowest BCUT2D eigenvalue weighted by atomic mass is 10.1. The molecule has 0 saturated carbocycles. The van der Waals surface area contributed by atoms with Gasteiger partial charge in [-0.05, 0) is 31.5 Å². The van der Waals surface area contributed by atoms with E-state index in [0.29, 0.717) is 23.6 Å². The molecule has 1 aliphatic rings. The van der Waals surface area contributed by atoms with Crippen molar-refractivity contribution in [2.24, 2.45) is 0 Å². The standard InChI is InChI=1S/C13H15BrClNO3S/c1-2-16(12-3-4-20(18,19)8-12)13(17)9-5-10(14)7-11(15)6-9/h5-7,12H,2-4,8H2,1H3. The average molecular weight is 381 g/mol. The maximum Gasteiger partial charge on any atom is 0.254 e. The molecule has 20 heavy (non-hydrogen) atoms. The molecule has 1 amide bonds. The molecular weight excluding hydrogens is 366 g/mol. The van der Waals surface area contributed by atoms with Crippen LogP contribution in [0.3, 0.4) is 0 Å². The van der Waals surface area contributed by atoms with Gasteiger partial charge in [-0.2, -0.15) is 0 Å². The lowest BCUT2D eigenvalue weighted by Crippen LogP contribution is -2.41. The summed E-state index contributed by atoms with van der Waals surface area (Å²) >= 11 is 9.25. The lowest BCUT2D eigenvalue weighted by Gasteiger charge is -2.27. The van der Waals surface area contributed by atoms with Crippen molar-refractivity contribution in [3.05, 3.63) is 33.3 Å². The molecule has 1 aromatic carbocycles. The Labute approximate surface area is 132 Å². The van der Waals surface area contributed by atoms with Crippen LogP contribution in [0.25, 0.3) is 0 Å². The van der Waals surface area contributed by atoms with Gasteiger partial charge < -0.3 is 4.90 Å². The summed E-state index contributed by atoms with van der Waals surface area (Å²) in [5.41, 5.74) is 0.468. The molecule has 1 aromatic rings. The summed E-state index contributed by atoms with van der Waals surface area (Å²) in [5.74, 6) is 0.0208. The fourth-order valence-corrected chi connectivity index (χ4v) is 5.02. The van der Waals surface area contributed by atoms with Crippen molar-refractivity contribution in [1.82, 2.24) is 4.90 Å². The van der Waals surface area contributed by atoms with Crippen LogP contribution < -0.4 is 0 Å². The minimum absolute atomic E-state index is 0.0499. The van der Waals surface area contributed by atoms with Gasteiger partial charge in [0.05, 0.1) is 11.5 Å². The van der Waals surface area contributed by atoms with Crippen molar-refractivity contribution in [3.63, 3.8) is 0 Å². The maximum absolute atomic E-state index is 12.5. The smallest absolute Gasteiger partial charge is 0.254 e. The van der Waals surface area contributed by atoms with Crippen LogP contribution in [0.2, 0.25) is 5.02 Å². The molecule has 7 heteroatoms. The molecule has 0 radical (unpaired) electrons. The van der Waals surface area contributed by atoms with Gasteiger partial charge in [-0.25, -0.2) is 8.42 Å². The first-order chi connectivity index (χ1) is 9.32. The summed E-state index contributed by atoms with van der Waals surface area (Å²) in [4.78, 5) is 14.1. The highest BCUT2D eigenvalue weighted by Crippen LogP contribution is 2.24. The number of sulfone groups is 1. The van der Waals surface area contributed by atoms with Crippen molar-refractivity contribution in [1.29, 1.82) is 0 Å². The van der Waals surface area contributed by atoms with Crippen molar-refractivity contribution in [2.75, 3.05) is 18.1 Å². The van der Waals surface area contributed by atoms with E-state index < -0.39 is 9.84 Å². The second-order valence-corrected chi connectivity index (χ2v) is 8.39. The van der Waals surface area contributed by atoms with Crippen molar-refractivity contribution >= 4 is 43.3 Å². The summed E-state index contributed by atoms with van der Waals surface area (Å²) in [7, 11) is -3.01. The van der Waals surface area contributed by atoms with E-state index >= 15 is 0 Å². The fourth-order valence-electron chi connectivity index (χ4n) is 2.43. The van der Waals surface area contributed by atoms with Crippen LogP contribution >= 0.6 is 27.5 Å². The number of halogens is 2. The number of hydrogen-bond donors (Lipinski definition) is 0. The van der Waals surface area contributed by atoms with Crippen LogP contribution in [0.4, 0.5) is 0 Å². The largest absolute Gasteiger partial charge is 0.335 e. The third-order valence-electron chi connectivity index (χ3n) is 3.36. The average Bonchev–Trinajstić information content (AvgIpc) is 2.69. The minimum atomic E-state index is -3.01. The molecule has 1 atom stereocenters. The summed E-state index contributed by atoms with van der Waals surface area (Å²) in [6.45, 7) is 2.32. The molecule has 1 fully saturated rings. The van der Waals surface area contributed by atoms with Gasteiger partial charge in [0.15, 0.2) is 9.84 Å². The van der Waals surface area contributed by atoms with E-state index in [1.807, 2.05) is 6.92 Å². The Morgan fingerprint density at radius 1 is 1.45 bits per heavy atom. The first kappa shape index (κ1) is 15.8. The SMILES string of the molecule is CCN(C(=O)c1cc(Cl)cc(Br)c1)C1CCS(=O)(=O)C1. The third-order valence-corrected chi connectivity index (χ3v) is 5.79. The first-order valence-electron chi connectivity index (χ1n) is 6.30. The number of hydrogen-bond acceptors (Lipinski definition) is 3. The van der Waals surface area contributed by atoms with Crippen molar-refractivity contribution in [3.8, 4) is 0 Å². The number of carbonyl (C=O) groups excluding carboxylic acids is 1. The highest BCUT2D eigenvalue weighted by atomic mass is 79.9. The van der Waals surface area contributed by atoms with Gasteiger partial charge in [0.25, 0.3) is 5.91 Å². The van der Waals surface area contributed by atoms with Gasteiger partial charge >= 0.3 is 0 Å². The molecule has 0 bridgehead atoms. The molecular formula is C13H15BrClNO3S. The van der Waals surface area contributed by atoms with Crippen LogP contribution in [0.5, 0.6) is 0 Å². The van der Waals surface area contributed by atoms with Crippen LogP contribution in [0.1, 0.15) is 23.7 Å². The predicted molar refractivity (Wildman–Crippen MR) is 82.9 cm³/mol. The maximum atomic E-state index is 12.5. The quantitative estimate of drug-likeness (QED) is 0.810. The summed E-state index contributed by atoms with van der Waals surface area (Å²) in [6, 6.07) is 4.76. The molecule has 1 aliphatic heterocycles. The van der Waals surface area contributed by atoms with E-state index in [1.165, 1.54) is 0 Å². The number of nitrogens with zero attached hydrogens (tertiary/aromatic N) is 1. The zero-order valence-electron chi connectivity index (χ0n) is 11.0. The van der Waals surface area contributed by atoms with Gasteiger partial charge in [-0.1, -0.05) is 27.5 Å². The summed E-state index contributed by atoms with van der Waals surface area (Å²) in [5, 5.41) is 0.470. The van der Waals surface area contributed by atoms with Gasteiger partial charge in [0.2, 0.25) is 0 Å². The Morgan fingerprint density at radius 2 is 2.15 bits per heavy atom. The molecule has 110 valence electrons. The molecule has 1 unspecified atom stereocenters. The number of carbonyl (C=O) groups is 1. The van der Waals surface area contributed by atoms with Crippen LogP contribution in [0, 0.1) is 0 Å². The Morgan fingerprint density at radius 3 is 2.65 bits per heavy atom. The molecule has 1 heterocycles. The van der Waals surface area contributed by atoms with Gasteiger partial charge in [-0.15, -0.1) is 0 Å². The number of rotatable bonds is 3. The molecule has 0 N–H and O–H groups in total. The van der Waals surface area contributed by atoms with E-state index in [2.05, 4.69) is 15.9 Å². The molecule has 4 nitrogen and oxygen atoms in total. The normalized spacial score (nSPS) is 20.9. The molecule has 0 aromatic heterocycles. The highest BCUT2D eigenvalue weighted by Gasteiger charge is 2.34. The van der Waals surface area contributed by atoms with Crippen LogP contribution in [-0.4, -0.2) is 43.3 Å². The third kappa shape index (κ3) is 3.54. The molecule has 1 saturated heterocycles. The van der Waals surface area contributed by atoms with E-state index in [1.54, 1.807) is 23.1 Å². The lowest BCUT2D eigenvalue weighted by molar-refractivity contribution is 0.0708. The zero-order valence-corrected chi connectivity index (χ0v) is 14.1. The molecule has 0 aliphatic carbocycles. The second kappa shape index (κ2) is 6.03. The number of amides is 1. The number of benzene rings is 1. The van der Waals surface area contributed by atoms with E-state index in [9.17, 15) is 13.2 Å². The predicted octanol–water partition coefficient (Wildman–Crippen LogP) is 2.75. The monoisotopic (exact) mass is 379 g/mol. The Hall–Kier alpha value is -0.590. The molecule has 0 spiro atoms. The Bertz CT molecular complexity index is 612. The van der Waals surface area contributed by atoms with E-state index in [-0.39, 0.29) is 23.5 Å². The fraction of sp³-hybridized carbons (Fsp3) is 0.462. The first-order valence-corrected chi connectivity index (χ1v) is 9.29. The van der Waals surface area contributed by atoms with Crippen molar-refractivity contribution in [2.45, 2.75) is 19.4 Å². The van der Waals surface area contributed by atoms with Gasteiger partial charge in [0, 0.05) is 27.6 Å². The van der Waals surface area contributed by atoms with E-state index in [4.69, 9.17) is 11.6 Å². The Kier molecular flexibility index (Phi) is 4.76. The Balaban J connectivity index is 2.25.